The van der Waals surface area contributed by atoms with Gasteiger partial charge in [0.1, 0.15) is 11.5 Å². The topological polar surface area (TPSA) is 97.1 Å². The summed E-state index contributed by atoms with van der Waals surface area (Å²) in [5, 5.41) is 5.22. The summed E-state index contributed by atoms with van der Waals surface area (Å²) in [6.45, 7) is 5.51. The molecule has 18 heavy (non-hydrogen) atoms. The molecular formula is C12H18N4O2. The molecule has 0 radical (unpaired) electrons. The zero-order valence-corrected chi connectivity index (χ0v) is 10.8. The van der Waals surface area contributed by atoms with Crippen LogP contribution in [0.4, 0.5) is 5.82 Å². The van der Waals surface area contributed by atoms with E-state index in [1.54, 1.807) is 12.1 Å². The van der Waals surface area contributed by atoms with Crippen LogP contribution < -0.4 is 16.4 Å². The highest BCUT2D eigenvalue weighted by Gasteiger charge is 2.15. The largest absolute Gasteiger partial charge is 0.384 e. The lowest BCUT2D eigenvalue weighted by Crippen LogP contribution is -2.45. The second kappa shape index (κ2) is 5.48. The highest BCUT2D eigenvalue weighted by molar-refractivity contribution is 5.95. The van der Waals surface area contributed by atoms with Gasteiger partial charge in [-0.25, -0.2) is 4.98 Å². The van der Waals surface area contributed by atoms with Crippen molar-refractivity contribution >= 4 is 17.6 Å². The number of anilines is 1. The molecule has 2 amide bonds. The zero-order valence-electron chi connectivity index (χ0n) is 10.8. The number of hydrogen-bond donors (Lipinski definition) is 3. The maximum Gasteiger partial charge on any atom is 0.270 e. The number of carbonyl (C=O) groups is 2. The highest BCUT2D eigenvalue weighted by atomic mass is 16.2. The number of nitrogen functional groups attached to an aromatic ring is 1. The Balaban J connectivity index is 2.49. The first-order valence-corrected chi connectivity index (χ1v) is 5.60. The molecule has 0 aliphatic rings. The van der Waals surface area contributed by atoms with E-state index in [1.165, 1.54) is 6.07 Å². The Bertz CT molecular complexity index is 452. The van der Waals surface area contributed by atoms with Gasteiger partial charge in [-0.2, -0.15) is 0 Å². The molecule has 6 heteroatoms. The number of carbonyl (C=O) groups excluding carboxylic acids is 2. The van der Waals surface area contributed by atoms with Gasteiger partial charge in [0.15, 0.2) is 0 Å². The number of pyridine rings is 1. The third-order valence-corrected chi connectivity index (χ3v) is 1.93. The molecule has 0 aliphatic heterocycles. The van der Waals surface area contributed by atoms with E-state index in [4.69, 9.17) is 5.73 Å². The molecule has 0 saturated heterocycles. The minimum atomic E-state index is -0.425. The van der Waals surface area contributed by atoms with Crippen LogP contribution in [0.2, 0.25) is 0 Å². The monoisotopic (exact) mass is 250 g/mol. The lowest BCUT2D eigenvalue weighted by Gasteiger charge is -2.20. The molecule has 98 valence electrons. The molecule has 1 heterocycles. The summed E-state index contributed by atoms with van der Waals surface area (Å²) in [5.74, 6) is -0.409. The first-order chi connectivity index (χ1) is 8.28. The lowest BCUT2D eigenvalue weighted by atomic mass is 10.1. The summed E-state index contributed by atoms with van der Waals surface area (Å²) in [4.78, 5) is 27.0. The molecule has 1 aromatic heterocycles. The number of nitrogens with one attached hydrogen (secondary N) is 2. The minimum Gasteiger partial charge on any atom is -0.384 e. The quantitative estimate of drug-likeness (QED) is 0.719. The molecule has 1 aromatic rings. The van der Waals surface area contributed by atoms with Crippen molar-refractivity contribution in [2.24, 2.45) is 0 Å². The Morgan fingerprint density at radius 1 is 1.33 bits per heavy atom. The Labute approximate surface area is 106 Å². The van der Waals surface area contributed by atoms with Crippen LogP contribution in [-0.2, 0) is 4.79 Å². The predicted molar refractivity (Wildman–Crippen MR) is 68.9 cm³/mol. The molecule has 0 saturated carbocycles. The molecule has 0 bridgehead atoms. The number of aromatic nitrogens is 1. The van der Waals surface area contributed by atoms with Crippen molar-refractivity contribution in [2.75, 3.05) is 12.3 Å². The van der Waals surface area contributed by atoms with E-state index in [-0.39, 0.29) is 29.5 Å². The SMILES string of the molecule is CC(C)(C)NC(=O)CNC(=O)c1cccc(N)n1. The zero-order chi connectivity index (χ0) is 13.8. The van der Waals surface area contributed by atoms with Crippen molar-refractivity contribution in [3.05, 3.63) is 23.9 Å². The molecular weight excluding hydrogens is 232 g/mol. The average molecular weight is 250 g/mol. The van der Waals surface area contributed by atoms with Gasteiger partial charge >= 0.3 is 0 Å². The van der Waals surface area contributed by atoms with Crippen LogP contribution in [0.25, 0.3) is 0 Å². The summed E-state index contributed by atoms with van der Waals surface area (Å²) in [7, 11) is 0. The number of nitrogens with two attached hydrogens (primary N) is 1. The molecule has 0 fully saturated rings. The van der Waals surface area contributed by atoms with Gasteiger partial charge in [-0.3, -0.25) is 9.59 Å². The standard InChI is InChI=1S/C12H18N4O2/c1-12(2,3)16-10(17)7-14-11(18)8-5-4-6-9(13)15-8/h4-6H,7H2,1-3H3,(H2,13,15)(H,14,18)(H,16,17). The van der Waals surface area contributed by atoms with E-state index in [0.717, 1.165) is 0 Å². The Kier molecular flexibility index (Phi) is 4.25. The van der Waals surface area contributed by atoms with Crippen LogP contribution in [0.15, 0.2) is 18.2 Å². The van der Waals surface area contributed by atoms with Gasteiger partial charge in [-0.1, -0.05) is 6.07 Å². The third kappa shape index (κ3) is 4.82. The normalized spacial score (nSPS) is 10.8. The summed E-state index contributed by atoms with van der Waals surface area (Å²) in [6.07, 6.45) is 0. The fourth-order valence-corrected chi connectivity index (χ4v) is 1.29. The van der Waals surface area contributed by atoms with Crippen LogP contribution in [0, 0.1) is 0 Å². The molecule has 0 aromatic carbocycles. The Hall–Kier alpha value is -2.11. The number of rotatable bonds is 3. The van der Waals surface area contributed by atoms with E-state index in [1.807, 2.05) is 20.8 Å². The van der Waals surface area contributed by atoms with Gasteiger partial charge < -0.3 is 16.4 Å². The van der Waals surface area contributed by atoms with E-state index < -0.39 is 5.91 Å². The van der Waals surface area contributed by atoms with Crippen LogP contribution >= 0.6 is 0 Å². The van der Waals surface area contributed by atoms with Gasteiger partial charge in [0.05, 0.1) is 6.54 Å². The maximum absolute atomic E-state index is 11.7. The molecule has 6 nitrogen and oxygen atoms in total. The van der Waals surface area contributed by atoms with E-state index in [0.29, 0.717) is 0 Å². The molecule has 0 unspecified atom stereocenters. The average Bonchev–Trinajstić information content (AvgIpc) is 2.23. The predicted octanol–water partition coefficient (Wildman–Crippen LogP) is 0.308. The summed E-state index contributed by atoms with van der Waals surface area (Å²) in [5.41, 5.74) is 5.34. The summed E-state index contributed by atoms with van der Waals surface area (Å²) >= 11 is 0. The Morgan fingerprint density at radius 2 is 2.00 bits per heavy atom. The van der Waals surface area contributed by atoms with Gasteiger partial charge in [0.2, 0.25) is 5.91 Å². The lowest BCUT2D eigenvalue weighted by molar-refractivity contribution is -0.121. The molecule has 0 aliphatic carbocycles. The van der Waals surface area contributed by atoms with E-state index in [9.17, 15) is 9.59 Å². The van der Waals surface area contributed by atoms with Crippen molar-refractivity contribution in [1.29, 1.82) is 0 Å². The molecule has 4 N–H and O–H groups in total. The van der Waals surface area contributed by atoms with Crippen LogP contribution in [0.1, 0.15) is 31.3 Å². The second-order valence-electron chi connectivity index (χ2n) is 4.93. The summed E-state index contributed by atoms with van der Waals surface area (Å²) in [6, 6.07) is 4.75. The fraction of sp³-hybridized carbons (Fsp3) is 0.417. The molecule has 0 spiro atoms. The summed E-state index contributed by atoms with van der Waals surface area (Å²) < 4.78 is 0. The van der Waals surface area contributed by atoms with Crippen molar-refractivity contribution in [2.45, 2.75) is 26.3 Å². The Morgan fingerprint density at radius 3 is 2.56 bits per heavy atom. The number of nitrogens with zero attached hydrogens (tertiary/aromatic N) is 1. The third-order valence-electron chi connectivity index (χ3n) is 1.93. The first kappa shape index (κ1) is 14.0. The fourth-order valence-electron chi connectivity index (χ4n) is 1.29. The van der Waals surface area contributed by atoms with Gasteiger partial charge in [-0.05, 0) is 32.9 Å². The molecule has 0 atom stereocenters. The van der Waals surface area contributed by atoms with Crippen molar-refractivity contribution < 1.29 is 9.59 Å². The molecule has 1 rings (SSSR count). The van der Waals surface area contributed by atoms with Crippen molar-refractivity contribution in [1.82, 2.24) is 15.6 Å². The van der Waals surface area contributed by atoms with Crippen LogP contribution in [0.5, 0.6) is 0 Å². The number of hydrogen-bond acceptors (Lipinski definition) is 4. The van der Waals surface area contributed by atoms with Gasteiger partial charge in [-0.15, -0.1) is 0 Å². The van der Waals surface area contributed by atoms with Crippen LogP contribution in [0.3, 0.4) is 0 Å². The maximum atomic E-state index is 11.7. The highest BCUT2D eigenvalue weighted by Crippen LogP contribution is 2.00. The van der Waals surface area contributed by atoms with E-state index >= 15 is 0 Å². The second-order valence-corrected chi connectivity index (χ2v) is 4.93. The van der Waals surface area contributed by atoms with Crippen molar-refractivity contribution in [3.63, 3.8) is 0 Å². The van der Waals surface area contributed by atoms with Gasteiger partial charge in [0.25, 0.3) is 5.91 Å². The van der Waals surface area contributed by atoms with Crippen molar-refractivity contribution in [3.8, 4) is 0 Å². The van der Waals surface area contributed by atoms with Gasteiger partial charge in [0, 0.05) is 5.54 Å². The minimum absolute atomic E-state index is 0.0907. The van der Waals surface area contributed by atoms with Crippen LogP contribution in [-0.4, -0.2) is 28.9 Å². The van der Waals surface area contributed by atoms with E-state index in [2.05, 4.69) is 15.6 Å². The number of amides is 2. The first-order valence-electron chi connectivity index (χ1n) is 5.60. The smallest absolute Gasteiger partial charge is 0.270 e.